The van der Waals surface area contributed by atoms with E-state index in [1.54, 1.807) is 0 Å². The third-order valence-corrected chi connectivity index (χ3v) is 2.89. The molecule has 0 radical (unpaired) electrons. The van der Waals surface area contributed by atoms with Gasteiger partial charge in [0.2, 0.25) is 0 Å². The summed E-state index contributed by atoms with van der Waals surface area (Å²) >= 11 is 0. The van der Waals surface area contributed by atoms with Gasteiger partial charge in [-0.2, -0.15) is 0 Å². The number of hydrogen-bond donors (Lipinski definition) is 2. The fourth-order valence-corrected chi connectivity index (χ4v) is 1.98. The highest BCUT2D eigenvalue weighted by Gasteiger charge is 2.22. The summed E-state index contributed by atoms with van der Waals surface area (Å²) in [5.41, 5.74) is 0. The molecule has 1 fully saturated rings. The summed E-state index contributed by atoms with van der Waals surface area (Å²) in [6, 6.07) is 0.694. The van der Waals surface area contributed by atoms with Gasteiger partial charge in [0.1, 0.15) is 0 Å². The zero-order valence-electron chi connectivity index (χ0n) is 8.21. The van der Waals surface area contributed by atoms with E-state index in [9.17, 15) is 0 Å². The molecule has 12 heavy (non-hydrogen) atoms. The van der Waals surface area contributed by atoms with E-state index in [-0.39, 0.29) is 6.92 Å². The summed E-state index contributed by atoms with van der Waals surface area (Å²) in [6.45, 7) is 5.20. The number of rotatable bonds is 4. The molecule has 2 N–H and O–H groups in total. The van der Waals surface area contributed by atoms with Gasteiger partial charge in [-0.15, -0.1) is 0 Å². The highest BCUT2D eigenvalue weighted by atomic mass is 16.2. The first-order valence-electron chi connectivity index (χ1n) is 5.11. The van der Waals surface area contributed by atoms with Crippen molar-refractivity contribution < 1.29 is 5.02 Å². The van der Waals surface area contributed by atoms with Gasteiger partial charge >= 0.3 is 0 Å². The van der Waals surface area contributed by atoms with Crippen LogP contribution in [0.4, 0.5) is 0 Å². The lowest BCUT2D eigenvalue weighted by Gasteiger charge is -2.14. The van der Waals surface area contributed by atoms with E-state index < -0.39 is 0 Å². The Balaban J connectivity index is 2.06. The molecule has 0 saturated carbocycles. The quantitative estimate of drug-likeness (QED) is 0.623. The minimum absolute atomic E-state index is 0.116. The van der Waals surface area contributed by atoms with Gasteiger partial charge in [0.05, 0.1) is 0 Å². The van der Waals surface area contributed by atoms with Crippen LogP contribution in [0.5, 0.6) is 0 Å². The Kier molecular flexibility index (Phi) is 4.09. The fraction of sp³-hybridized carbons (Fsp3) is 1.00. The van der Waals surface area contributed by atoms with Crippen molar-refractivity contribution in [3.05, 3.63) is 0 Å². The molecule has 2 atom stereocenters. The van der Waals surface area contributed by atoms with E-state index in [4.69, 9.17) is 5.02 Å². The third-order valence-electron chi connectivity index (χ3n) is 2.89. The average Bonchev–Trinajstić information content (AvgIpc) is 2.36. The monoisotopic (exact) mass is 169 g/mol. The highest BCUT2D eigenvalue weighted by Crippen LogP contribution is 2.21. The minimum atomic E-state index is -0.116. The predicted molar refractivity (Wildman–Crippen MR) is 53.4 cm³/mol. The van der Waals surface area contributed by atoms with Gasteiger partial charge in [-0.3, -0.25) is 0 Å². The molecule has 70 valence electrons. The molecule has 0 aromatic rings. The zero-order chi connectivity index (χ0) is 8.97. The van der Waals surface area contributed by atoms with Crippen LogP contribution in [0.2, 0.25) is 13.1 Å². The van der Waals surface area contributed by atoms with Gasteiger partial charge in [-0.1, -0.05) is 13.2 Å². The van der Waals surface area contributed by atoms with Crippen LogP contribution in [-0.2, 0) is 0 Å². The Bertz CT molecular complexity index is 130. The SMILES string of the molecule is CB(O)CCCC1CCNC1C. The van der Waals surface area contributed by atoms with Gasteiger partial charge in [-0.25, -0.2) is 0 Å². The molecule has 1 heterocycles. The normalized spacial score (nSPS) is 29.2. The number of nitrogens with one attached hydrogen (secondary N) is 1. The van der Waals surface area contributed by atoms with E-state index in [1.807, 2.05) is 6.82 Å². The van der Waals surface area contributed by atoms with Crippen LogP contribution >= 0.6 is 0 Å². The zero-order valence-corrected chi connectivity index (χ0v) is 8.21. The minimum Gasteiger partial charge on any atom is -0.451 e. The first-order chi connectivity index (χ1) is 5.70. The molecular formula is C9H20BNO. The summed E-state index contributed by atoms with van der Waals surface area (Å²) in [5, 5.41) is 12.5. The van der Waals surface area contributed by atoms with E-state index in [0.717, 1.165) is 12.2 Å². The molecule has 1 saturated heterocycles. The summed E-state index contributed by atoms with van der Waals surface area (Å²) in [5.74, 6) is 0.851. The van der Waals surface area contributed by atoms with Crippen LogP contribution in [0, 0.1) is 5.92 Å². The lowest BCUT2D eigenvalue weighted by Crippen LogP contribution is -2.22. The van der Waals surface area contributed by atoms with Crippen LogP contribution in [0.1, 0.15) is 26.2 Å². The van der Waals surface area contributed by atoms with Crippen molar-refractivity contribution in [2.45, 2.75) is 45.4 Å². The molecule has 0 aliphatic carbocycles. The van der Waals surface area contributed by atoms with E-state index in [0.29, 0.717) is 6.04 Å². The maximum atomic E-state index is 9.08. The van der Waals surface area contributed by atoms with Crippen molar-refractivity contribution in [3.8, 4) is 0 Å². The van der Waals surface area contributed by atoms with Crippen LogP contribution in [0.3, 0.4) is 0 Å². The molecule has 0 aromatic heterocycles. The molecule has 1 rings (SSSR count). The van der Waals surface area contributed by atoms with Gasteiger partial charge in [0, 0.05) is 6.04 Å². The predicted octanol–water partition coefficient (Wildman–Crippen LogP) is 1.38. The standard InChI is InChI=1S/C9H20BNO/c1-8-9(5-7-11-8)4-3-6-10(2)12/h8-9,11-12H,3-7H2,1-2H3. The van der Waals surface area contributed by atoms with Crippen molar-refractivity contribution in [2.75, 3.05) is 6.54 Å². The van der Waals surface area contributed by atoms with Gasteiger partial charge in [-0.05, 0) is 38.5 Å². The van der Waals surface area contributed by atoms with E-state index >= 15 is 0 Å². The number of hydrogen-bond acceptors (Lipinski definition) is 2. The molecule has 0 aromatic carbocycles. The van der Waals surface area contributed by atoms with Crippen LogP contribution in [-0.4, -0.2) is 24.5 Å². The highest BCUT2D eigenvalue weighted by molar-refractivity contribution is 6.48. The van der Waals surface area contributed by atoms with Crippen molar-refractivity contribution >= 4 is 6.92 Å². The fourth-order valence-electron chi connectivity index (χ4n) is 1.98. The lowest BCUT2D eigenvalue weighted by atomic mass is 9.66. The second-order valence-corrected chi connectivity index (χ2v) is 4.07. The second-order valence-electron chi connectivity index (χ2n) is 4.07. The molecule has 2 unspecified atom stereocenters. The Morgan fingerprint density at radius 3 is 2.83 bits per heavy atom. The van der Waals surface area contributed by atoms with Gasteiger partial charge in [0.15, 0.2) is 0 Å². The molecule has 0 amide bonds. The summed E-state index contributed by atoms with van der Waals surface area (Å²) in [6.07, 6.45) is 4.73. The Morgan fingerprint density at radius 2 is 2.33 bits per heavy atom. The van der Waals surface area contributed by atoms with Crippen molar-refractivity contribution in [3.63, 3.8) is 0 Å². The van der Waals surface area contributed by atoms with Crippen molar-refractivity contribution in [2.24, 2.45) is 5.92 Å². The Morgan fingerprint density at radius 1 is 1.58 bits per heavy atom. The van der Waals surface area contributed by atoms with Crippen LogP contribution in [0.25, 0.3) is 0 Å². The summed E-state index contributed by atoms with van der Waals surface area (Å²) in [7, 11) is 0. The third kappa shape index (κ3) is 3.15. The van der Waals surface area contributed by atoms with Gasteiger partial charge < -0.3 is 10.3 Å². The largest absolute Gasteiger partial charge is 0.451 e. The topological polar surface area (TPSA) is 32.3 Å². The Hall–Kier alpha value is -0.0151. The van der Waals surface area contributed by atoms with Crippen molar-refractivity contribution in [1.29, 1.82) is 0 Å². The summed E-state index contributed by atoms with van der Waals surface area (Å²) in [4.78, 5) is 0. The Labute approximate surface area is 75.9 Å². The molecule has 3 heteroatoms. The molecule has 0 spiro atoms. The smallest absolute Gasteiger partial charge is 0.285 e. The van der Waals surface area contributed by atoms with E-state index in [1.165, 1.54) is 25.8 Å². The van der Waals surface area contributed by atoms with Gasteiger partial charge in [0.25, 0.3) is 6.92 Å². The molecule has 1 aliphatic rings. The van der Waals surface area contributed by atoms with Crippen LogP contribution in [0.15, 0.2) is 0 Å². The van der Waals surface area contributed by atoms with Crippen molar-refractivity contribution in [1.82, 2.24) is 5.32 Å². The maximum absolute atomic E-state index is 9.08. The van der Waals surface area contributed by atoms with Crippen LogP contribution < -0.4 is 5.32 Å². The maximum Gasteiger partial charge on any atom is 0.285 e. The molecule has 0 bridgehead atoms. The molecular weight excluding hydrogens is 149 g/mol. The first-order valence-corrected chi connectivity index (χ1v) is 5.11. The molecule has 1 aliphatic heterocycles. The van der Waals surface area contributed by atoms with E-state index in [2.05, 4.69) is 12.2 Å². The second kappa shape index (κ2) is 4.88. The first kappa shape index (κ1) is 10.1. The molecule has 2 nitrogen and oxygen atoms in total. The average molecular weight is 169 g/mol. The summed E-state index contributed by atoms with van der Waals surface area (Å²) < 4.78 is 0. The lowest BCUT2D eigenvalue weighted by molar-refractivity contribution is 0.435.